The number of likely N-dealkylation sites (tertiary alicyclic amines) is 1. The molecule has 4 amide bonds. The van der Waals surface area contributed by atoms with Crippen LogP contribution in [0, 0.1) is 11.6 Å². The number of hydrogen-bond donors (Lipinski definition) is 3. The number of amides is 4. The highest BCUT2D eigenvalue weighted by atomic mass is 19.2. The molecular weight excluding hydrogens is 439 g/mol. The van der Waals surface area contributed by atoms with E-state index in [0.29, 0.717) is 10.9 Å². The van der Waals surface area contributed by atoms with Crippen molar-refractivity contribution in [1.82, 2.24) is 14.8 Å². The standard InChI is InChI=1S/C22H20F3N5O3/c23-13-8-18(20(31)27-9-12-4-3-6-15(24)19(12)25)30(10-13)22(33)28-16-11-29(21(26)32)17-7-2-1-5-14(16)17/h1-7,11,13,18H,8-10H2,(H2,26,32)(H,27,31)(H,28,33)/t13-,18+/m1/s1. The zero-order valence-corrected chi connectivity index (χ0v) is 17.2. The van der Waals surface area contributed by atoms with Gasteiger partial charge >= 0.3 is 12.1 Å². The summed E-state index contributed by atoms with van der Waals surface area (Å²) in [7, 11) is 0. The van der Waals surface area contributed by atoms with Crippen LogP contribution >= 0.6 is 0 Å². The van der Waals surface area contributed by atoms with E-state index >= 15 is 0 Å². The van der Waals surface area contributed by atoms with Crippen molar-refractivity contribution in [2.75, 3.05) is 11.9 Å². The SMILES string of the molecule is NC(=O)n1cc(NC(=O)N2C[C@H](F)C[C@H]2C(=O)NCc2cccc(F)c2F)c2ccccc21. The molecule has 1 aliphatic rings. The van der Waals surface area contributed by atoms with Crippen molar-refractivity contribution in [2.24, 2.45) is 5.73 Å². The van der Waals surface area contributed by atoms with Crippen molar-refractivity contribution in [1.29, 1.82) is 0 Å². The lowest BCUT2D eigenvalue weighted by atomic mass is 10.1. The lowest BCUT2D eigenvalue weighted by molar-refractivity contribution is -0.124. The fourth-order valence-electron chi connectivity index (χ4n) is 3.89. The van der Waals surface area contributed by atoms with Crippen LogP contribution in [0.2, 0.25) is 0 Å². The Hall–Kier alpha value is -4.02. The van der Waals surface area contributed by atoms with Gasteiger partial charge in [0.1, 0.15) is 12.2 Å². The van der Waals surface area contributed by atoms with Crippen molar-refractivity contribution >= 4 is 34.6 Å². The van der Waals surface area contributed by atoms with Gasteiger partial charge in [-0.3, -0.25) is 9.36 Å². The van der Waals surface area contributed by atoms with Gasteiger partial charge in [-0.1, -0.05) is 30.3 Å². The van der Waals surface area contributed by atoms with Crippen LogP contribution in [0.5, 0.6) is 0 Å². The molecule has 2 atom stereocenters. The number of rotatable bonds is 4. The van der Waals surface area contributed by atoms with Crippen molar-refractivity contribution in [3.8, 4) is 0 Å². The highest BCUT2D eigenvalue weighted by molar-refractivity contribution is 6.05. The fourth-order valence-corrected chi connectivity index (χ4v) is 3.89. The first-order valence-electron chi connectivity index (χ1n) is 10.1. The van der Waals surface area contributed by atoms with Crippen LogP contribution in [0.25, 0.3) is 10.9 Å². The Labute approximate surface area is 186 Å². The molecule has 1 aliphatic heterocycles. The first kappa shape index (κ1) is 22.2. The molecule has 1 fully saturated rings. The van der Waals surface area contributed by atoms with Crippen molar-refractivity contribution in [3.05, 3.63) is 65.9 Å². The van der Waals surface area contributed by atoms with Crippen LogP contribution in [0.15, 0.2) is 48.7 Å². The minimum absolute atomic E-state index is 0.0755. The number of halogens is 3. The molecule has 2 heterocycles. The first-order chi connectivity index (χ1) is 15.8. The number of anilines is 1. The maximum atomic E-state index is 14.1. The van der Waals surface area contributed by atoms with Gasteiger partial charge in [0.15, 0.2) is 11.6 Å². The third-order valence-electron chi connectivity index (χ3n) is 5.49. The predicted octanol–water partition coefficient (Wildman–Crippen LogP) is 3.11. The van der Waals surface area contributed by atoms with Gasteiger partial charge in [-0.25, -0.2) is 22.8 Å². The summed E-state index contributed by atoms with van der Waals surface area (Å²) in [5, 5.41) is 5.56. The first-order valence-corrected chi connectivity index (χ1v) is 10.1. The number of para-hydroxylation sites is 1. The van der Waals surface area contributed by atoms with Gasteiger partial charge in [0.25, 0.3) is 0 Å². The van der Waals surface area contributed by atoms with E-state index in [9.17, 15) is 27.6 Å². The van der Waals surface area contributed by atoms with E-state index in [1.54, 1.807) is 24.3 Å². The Kier molecular flexibility index (Phi) is 5.95. The summed E-state index contributed by atoms with van der Waals surface area (Å²) in [6.07, 6.45) is -0.340. The quantitative estimate of drug-likeness (QED) is 0.558. The highest BCUT2D eigenvalue weighted by Gasteiger charge is 2.40. The third kappa shape index (κ3) is 4.34. The van der Waals surface area contributed by atoms with Gasteiger partial charge in [-0.2, -0.15) is 0 Å². The van der Waals surface area contributed by atoms with Gasteiger partial charge in [0.2, 0.25) is 5.91 Å². The van der Waals surface area contributed by atoms with E-state index in [1.807, 2.05) is 0 Å². The number of carbonyl (C=O) groups is 3. The van der Waals surface area contributed by atoms with Crippen LogP contribution in [0.1, 0.15) is 12.0 Å². The van der Waals surface area contributed by atoms with E-state index in [2.05, 4.69) is 10.6 Å². The van der Waals surface area contributed by atoms with Gasteiger partial charge < -0.3 is 21.3 Å². The molecule has 0 aliphatic carbocycles. The van der Waals surface area contributed by atoms with E-state index in [0.717, 1.165) is 15.5 Å². The normalized spacial score (nSPS) is 17.8. The Morgan fingerprint density at radius 2 is 1.85 bits per heavy atom. The topological polar surface area (TPSA) is 109 Å². The summed E-state index contributed by atoms with van der Waals surface area (Å²) in [5.74, 6) is -2.84. The second-order valence-electron chi connectivity index (χ2n) is 7.63. The number of benzene rings is 2. The minimum atomic E-state index is -1.44. The average Bonchev–Trinajstić information content (AvgIpc) is 3.36. The molecule has 1 aromatic heterocycles. The molecule has 0 spiro atoms. The zero-order chi connectivity index (χ0) is 23.7. The molecule has 4 rings (SSSR count). The van der Waals surface area contributed by atoms with Gasteiger partial charge in [0.05, 0.1) is 17.7 Å². The Morgan fingerprint density at radius 1 is 1.09 bits per heavy atom. The van der Waals surface area contributed by atoms with Gasteiger partial charge in [0, 0.05) is 30.1 Å². The number of alkyl halides is 1. The number of carbonyl (C=O) groups excluding carboxylic acids is 3. The summed E-state index contributed by atoms with van der Waals surface area (Å²) in [4.78, 5) is 38.3. The smallest absolute Gasteiger partial charge is 0.323 e. The second kappa shape index (κ2) is 8.85. The third-order valence-corrected chi connectivity index (χ3v) is 5.49. The van der Waals surface area contributed by atoms with Crippen molar-refractivity contribution < 1.29 is 27.6 Å². The summed E-state index contributed by atoms with van der Waals surface area (Å²) in [5.41, 5.74) is 6.03. The van der Waals surface area contributed by atoms with E-state index in [4.69, 9.17) is 5.73 Å². The molecule has 11 heteroatoms. The molecule has 1 saturated heterocycles. The van der Waals surface area contributed by atoms with E-state index in [1.165, 1.54) is 18.3 Å². The lowest BCUT2D eigenvalue weighted by Crippen LogP contribution is -2.47. The number of hydrogen-bond acceptors (Lipinski definition) is 3. The molecule has 4 N–H and O–H groups in total. The van der Waals surface area contributed by atoms with Crippen molar-refractivity contribution in [3.63, 3.8) is 0 Å². The van der Waals surface area contributed by atoms with Crippen LogP contribution in [0.3, 0.4) is 0 Å². The summed E-state index contributed by atoms with van der Waals surface area (Å²) < 4.78 is 42.5. The second-order valence-corrected chi connectivity index (χ2v) is 7.63. The van der Waals surface area contributed by atoms with Crippen LogP contribution in [-0.4, -0.2) is 46.2 Å². The zero-order valence-electron chi connectivity index (χ0n) is 17.2. The molecule has 0 radical (unpaired) electrons. The van der Waals surface area contributed by atoms with Crippen molar-refractivity contribution in [2.45, 2.75) is 25.2 Å². The monoisotopic (exact) mass is 459 g/mol. The molecular formula is C22H20F3N5O3. The average molecular weight is 459 g/mol. The van der Waals surface area contributed by atoms with Crippen LogP contribution < -0.4 is 16.4 Å². The highest BCUT2D eigenvalue weighted by Crippen LogP contribution is 2.28. The molecule has 0 unspecified atom stereocenters. The van der Waals surface area contributed by atoms with Crippen LogP contribution in [0.4, 0.5) is 28.4 Å². The summed E-state index contributed by atoms with van der Waals surface area (Å²) in [6, 6.07) is 7.63. The van der Waals surface area contributed by atoms with Gasteiger partial charge in [-0.05, 0) is 12.1 Å². The summed E-state index contributed by atoms with van der Waals surface area (Å²) in [6.45, 7) is -0.649. The largest absolute Gasteiger partial charge is 0.351 e. The van der Waals surface area contributed by atoms with E-state index in [-0.39, 0.29) is 30.8 Å². The lowest BCUT2D eigenvalue weighted by Gasteiger charge is -2.23. The molecule has 8 nitrogen and oxygen atoms in total. The number of fused-ring (bicyclic) bond motifs is 1. The molecule has 0 saturated carbocycles. The number of aromatic nitrogens is 1. The number of nitrogens with one attached hydrogen (secondary N) is 2. The van der Waals surface area contributed by atoms with Crippen LogP contribution in [-0.2, 0) is 11.3 Å². The maximum Gasteiger partial charge on any atom is 0.323 e. The molecule has 33 heavy (non-hydrogen) atoms. The minimum Gasteiger partial charge on any atom is -0.351 e. The fraction of sp³-hybridized carbons (Fsp3) is 0.227. The number of urea groups is 1. The molecule has 3 aromatic rings. The van der Waals surface area contributed by atoms with Gasteiger partial charge in [-0.15, -0.1) is 0 Å². The molecule has 0 bridgehead atoms. The Bertz CT molecular complexity index is 1250. The Morgan fingerprint density at radius 3 is 2.61 bits per heavy atom. The summed E-state index contributed by atoms with van der Waals surface area (Å²) >= 11 is 0. The number of nitrogens with zero attached hydrogens (tertiary/aromatic N) is 2. The number of nitrogens with two attached hydrogens (primary N) is 1. The Balaban J connectivity index is 1.50. The molecule has 172 valence electrons. The van der Waals surface area contributed by atoms with E-state index < -0.39 is 41.8 Å². The number of primary amides is 1. The predicted molar refractivity (Wildman–Crippen MR) is 114 cm³/mol. The maximum absolute atomic E-state index is 14.1. The molecule has 2 aromatic carbocycles.